The Labute approximate surface area is 126 Å². The van der Waals surface area contributed by atoms with Gasteiger partial charge in [-0.3, -0.25) is 0 Å². The lowest BCUT2D eigenvalue weighted by molar-refractivity contribution is 0.0355. The molecule has 1 heterocycles. The van der Waals surface area contributed by atoms with Gasteiger partial charge in [0, 0.05) is 0 Å². The number of hydrogen-bond acceptors (Lipinski definition) is 3. The third-order valence-electron chi connectivity index (χ3n) is 4.55. The quantitative estimate of drug-likeness (QED) is 0.858. The zero-order chi connectivity index (χ0) is 15.5. The van der Waals surface area contributed by atoms with Gasteiger partial charge in [-0.1, -0.05) is 20.8 Å². The normalized spacial score (nSPS) is 22.6. The highest BCUT2D eigenvalue weighted by Gasteiger charge is 2.30. The first-order valence-corrected chi connectivity index (χ1v) is 7.66. The number of esters is 1. The van der Waals surface area contributed by atoms with E-state index in [0.29, 0.717) is 29.3 Å². The molecule has 1 fully saturated rings. The molecule has 0 amide bonds. The maximum atomic E-state index is 11.9. The summed E-state index contributed by atoms with van der Waals surface area (Å²) in [6, 6.07) is 5.15. The van der Waals surface area contributed by atoms with Gasteiger partial charge in [0.2, 0.25) is 0 Å². The fraction of sp³-hybridized carbons (Fsp3) is 0.647. The van der Waals surface area contributed by atoms with E-state index in [1.165, 1.54) is 12.8 Å². The van der Waals surface area contributed by atoms with E-state index in [2.05, 4.69) is 25.8 Å². The van der Waals surface area contributed by atoms with Crippen molar-refractivity contribution in [2.75, 3.05) is 6.61 Å². The number of carbonyl (C=O) groups is 1. The van der Waals surface area contributed by atoms with Gasteiger partial charge in [-0.05, 0) is 55.1 Å². The Morgan fingerprint density at radius 1 is 1.33 bits per heavy atom. The Kier molecular flexibility index (Phi) is 4.72. The van der Waals surface area contributed by atoms with Crippen molar-refractivity contribution in [1.29, 1.82) is 5.26 Å². The molecule has 0 aliphatic heterocycles. The minimum absolute atomic E-state index is 0.356. The number of nitrogens with zero attached hydrogens (tertiary/aromatic N) is 1. The molecule has 2 rings (SSSR count). The zero-order valence-corrected chi connectivity index (χ0v) is 13.1. The van der Waals surface area contributed by atoms with Gasteiger partial charge in [0.1, 0.15) is 17.5 Å². The molecule has 0 radical (unpaired) electrons. The Hall–Kier alpha value is -1.76. The van der Waals surface area contributed by atoms with Crippen molar-refractivity contribution in [1.82, 2.24) is 4.98 Å². The third-order valence-corrected chi connectivity index (χ3v) is 4.55. The van der Waals surface area contributed by atoms with Crippen molar-refractivity contribution in [2.45, 2.75) is 46.5 Å². The van der Waals surface area contributed by atoms with Crippen LogP contribution in [0.15, 0.2) is 12.1 Å². The lowest BCUT2D eigenvalue weighted by Gasteiger charge is -2.36. The van der Waals surface area contributed by atoms with Crippen molar-refractivity contribution in [3.8, 4) is 6.07 Å². The van der Waals surface area contributed by atoms with Crippen LogP contribution in [-0.4, -0.2) is 17.6 Å². The second kappa shape index (κ2) is 6.34. The summed E-state index contributed by atoms with van der Waals surface area (Å²) >= 11 is 0. The van der Waals surface area contributed by atoms with Crippen LogP contribution in [0.3, 0.4) is 0 Å². The van der Waals surface area contributed by atoms with Gasteiger partial charge in [-0.2, -0.15) is 5.26 Å². The average molecular weight is 288 g/mol. The predicted molar refractivity (Wildman–Crippen MR) is 80.7 cm³/mol. The van der Waals surface area contributed by atoms with E-state index in [1.807, 2.05) is 6.07 Å². The fourth-order valence-corrected chi connectivity index (χ4v) is 3.05. The Bertz CT molecular complexity index is 526. The number of nitriles is 1. The van der Waals surface area contributed by atoms with E-state index in [0.717, 1.165) is 18.8 Å². The van der Waals surface area contributed by atoms with Crippen molar-refractivity contribution in [3.63, 3.8) is 0 Å². The molecule has 1 saturated carbocycles. The molecular weight excluding hydrogens is 264 g/mol. The number of nitrogens with one attached hydrogen (secondary N) is 1. The van der Waals surface area contributed by atoms with E-state index in [-0.39, 0.29) is 5.97 Å². The number of hydrogen-bond donors (Lipinski definition) is 1. The van der Waals surface area contributed by atoms with Crippen molar-refractivity contribution >= 4 is 5.97 Å². The molecule has 1 N–H and O–H groups in total. The van der Waals surface area contributed by atoms with Crippen LogP contribution in [0.1, 0.15) is 62.6 Å². The van der Waals surface area contributed by atoms with E-state index in [4.69, 9.17) is 10.00 Å². The van der Waals surface area contributed by atoms with Crippen LogP contribution in [0.4, 0.5) is 0 Å². The van der Waals surface area contributed by atoms with Gasteiger partial charge in [-0.15, -0.1) is 0 Å². The third kappa shape index (κ3) is 4.10. The number of rotatable bonds is 3. The van der Waals surface area contributed by atoms with E-state index in [9.17, 15) is 4.79 Å². The number of H-pyrrole nitrogens is 1. The second-order valence-electron chi connectivity index (χ2n) is 7.08. The molecule has 21 heavy (non-hydrogen) atoms. The topological polar surface area (TPSA) is 65.9 Å². The molecule has 1 aliphatic carbocycles. The van der Waals surface area contributed by atoms with Gasteiger partial charge in [0.25, 0.3) is 0 Å². The maximum absolute atomic E-state index is 11.9. The lowest BCUT2D eigenvalue weighted by Crippen LogP contribution is -2.27. The molecule has 4 heteroatoms. The monoisotopic (exact) mass is 288 g/mol. The average Bonchev–Trinajstić information content (AvgIpc) is 2.93. The molecule has 0 bridgehead atoms. The van der Waals surface area contributed by atoms with Crippen molar-refractivity contribution in [2.24, 2.45) is 17.3 Å². The summed E-state index contributed by atoms with van der Waals surface area (Å²) in [5.74, 6) is 0.874. The van der Waals surface area contributed by atoms with E-state index in [1.54, 1.807) is 12.1 Å². The van der Waals surface area contributed by atoms with Crippen molar-refractivity contribution < 1.29 is 9.53 Å². The molecule has 1 aliphatic rings. The number of carbonyl (C=O) groups excluding carboxylic acids is 1. The first-order chi connectivity index (χ1) is 9.90. The summed E-state index contributed by atoms with van der Waals surface area (Å²) in [6.45, 7) is 7.39. The van der Waals surface area contributed by atoms with Gasteiger partial charge >= 0.3 is 5.97 Å². The molecule has 0 atom stereocenters. The summed E-state index contributed by atoms with van der Waals surface area (Å²) in [6.07, 6.45) is 4.69. The van der Waals surface area contributed by atoms with Gasteiger partial charge < -0.3 is 9.72 Å². The van der Waals surface area contributed by atoms with E-state index >= 15 is 0 Å². The zero-order valence-electron chi connectivity index (χ0n) is 13.1. The van der Waals surface area contributed by atoms with Crippen LogP contribution < -0.4 is 0 Å². The van der Waals surface area contributed by atoms with Crippen LogP contribution in [0.25, 0.3) is 0 Å². The lowest BCUT2D eigenvalue weighted by atomic mass is 9.70. The first kappa shape index (κ1) is 15.6. The highest BCUT2D eigenvalue weighted by atomic mass is 16.5. The van der Waals surface area contributed by atoms with Crippen LogP contribution in [0, 0.1) is 28.6 Å². The number of aromatic nitrogens is 1. The largest absolute Gasteiger partial charge is 0.461 e. The smallest absolute Gasteiger partial charge is 0.354 e. The molecule has 1 aromatic heterocycles. The first-order valence-electron chi connectivity index (χ1n) is 7.66. The summed E-state index contributed by atoms with van der Waals surface area (Å²) < 4.78 is 5.37. The summed E-state index contributed by atoms with van der Waals surface area (Å²) in [4.78, 5) is 14.6. The summed E-state index contributed by atoms with van der Waals surface area (Å²) in [5, 5.41) is 8.72. The standard InChI is InChI=1S/C17H24N2O2/c1-17(2,3)13-6-4-12(5-7-13)11-21-16(20)15-9-8-14(10-18)19-15/h8-9,12-13,19H,4-7,11H2,1-3H3. The molecule has 0 aromatic carbocycles. The highest BCUT2D eigenvalue weighted by molar-refractivity contribution is 5.87. The fourth-order valence-electron chi connectivity index (χ4n) is 3.05. The Morgan fingerprint density at radius 2 is 2.00 bits per heavy atom. The molecule has 0 saturated heterocycles. The number of aromatic amines is 1. The second-order valence-corrected chi connectivity index (χ2v) is 7.08. The Balaban J connectivity index is 1.77. The molecule has 4 nitrogen and oxygen atoms in total. The van der Waals surface area contributed by atoms with Crippen molar-refractivity contribution in [3.05, 3.63) is 23.5 Å². The number of ether oxygens (including phenoxy) is 1. The minimum atomic E-state index is -0.366. The van der Waals surface area contributed by atoms with Crippen LogP contribution in [0.2, 0.25) is 0 Å². The Morgan fingerprint density at radius 3 is 2.52 bits per heavy atom. The van der Waals surface area contributed by atoms with Crippen LogP contribution >= 0.6 is 0 Å². The highest BCUT2D eigenvalue weighted by Crippen LogP contribution is 2.39. The molecule has 0 unspecified atom stereocenters. The van der Waals surface area contributed by atoms with Gasteiger partial charge in [0.15, 0.2) is 0 Å². The summed E-state index contributed by atoms with van der Waals surface area (Å²) in [7, 11) is 0. The van der Waals surface area contributed by atoms with Crippen LogP contribution in [-0.2, 0) is 4.74 Å². The van der Waals surface area contributed by atoms with Crippen LogP contribution in [0.5, 0.6) is 0 Å². The van der Waals surface area contributed by atoms with E-state index < -0.39 is 0 Å². The molecule has 1 aromatic rings. The van der Waals surface area contributed by atoms with Gasteiger partial charge in [0.05, 0.1) is 6.61 Å². The predicted octanol–water partition coefficient (Wildman–Crippen LogP) is 3.90. The maximum Gasteiger partial charge on any atom is 0.354 e. The minimum Gasteiger partial charge on any atom is -0.461 e. The van der Waals surface area contributed by atoms with Gasteiger partial charge in [-0.25, -0.2) is 4.79 Å². The SMILES string of the molecule is CC(C)(C)C1CCC(COC(=O)c2ccc(C#N)[nH]2)CC1. The molecule has 114 valence electrons. The summed E-state index contributed by atoms with van der Waals surface area (Å²) in [5.41, 5.74) is 1.11. The molecular formula is C17H24N2O2. The molecule has 0 spiro atoms.